The van der Waals surface area contributed by atoms with Crippen LogP contribution in [0.1, 0.15) is 19.4 Å². The van der Waals surface area contributed by atoms with Gasteiger partial charge < -0.3 is 4.74 Å². The Labute approximate surface area is 154 Å². The fraction of sp³-hybridized carbons (Fsp3) is 0.294. The summed E-state index contributed by atoms with van der Waals surface area (Å²) in [5.41, 5.74) is 0.924. The first-order valence-electron chi connectivity index (χ1n) is 7.21. The van der Waals surface area contributed by atoms with Crippen molar-refractivity contribution in [2.24, 2.45) is 5.92 Å². The van der Waals surface area contributed by atoms with E-state index in [1.54, 1.807) is 11.0 Å². The molecule has 0 atom stereocenters. The summed E-state index contributed by atoms with van der Waals surface area (Å²) in [5.74, 6) is 1.19. The van der Waals surface area contributed by atoms with Crippen LogP contribution in [0.15, 0.2) is 40.2 Å². The van der Waals surface area contributed by atoms with E-state index in [1.165, 1.54) is 11.8 Å². The monoisotopic (exact) mass is 411 g/mol. The van der Waals surface area contributed by atoms with Crippen LogP contribution >= 0.6 is 39.9 Å². The summed E-state index contributed by atoms with van der Waals surface area (Å²) < 4.78 is 7.17. The van der Waals surface area contributed by atoms with Crippen LogP contribution in [-0.4, -0.2) is 28.3 Å². The second kappa shape index (κ2) is 8.13. The Hall–Kier alpha value is -1.11. The van der Waals surface area contributed by atoms with Crippen molar-refractivity contribution in [1.29, 1.82) is 0 Å². The standard InChI is InChI=1S/C17H18BrNO2S2/c1-4-7-19-16(20)15(23-17(19)22)9-12-5-6-14(13(18)8-12)21-10-11(2)3/h4-6,8-9,11H,1,7,10H2,2-3H3/b15-9-. The molecule has 0 spiro atoms. The van der Waals surface area contributed by atoms with Gasteiger partial charge in [-0.3, -0.25) is 9.69 Å². The maximum absolute atomic E-state index is 12.3. The number of carbonyl (C=O) groups is 1. The van der Waals surface area contributed by atoms with E-state index in [1.807, 2.05) is 24.3 Å². The van der Waals surface area contributed by atoms with E-state index >= 15 is 0 Å². The van der Waals surface area contributed by atoms with E-state index in [-0.39, 0.29) is 5.91 Å². The summed E-state index contributed by atoms with van der Waals surface area (Å²) in [5, 5.41) is 0. The Kier molecular flexibility index (Phi) is 6.44. The van der Waals surface area contributed by atoms with E-state index in [9.17, 15) is 4.79 Å². The first-order valence-corrected chi connectivity index (χ1v) is 9.22. The lowest BCUT2D eigenvalue weighted by molar-refractivity contribution is -0.121. The van der Waals surface area contributed by atoms with Crippen molar-refractivity contribution in [2.75, 3.05) is 13.2 Å². The number of amides is 1. The van der Waals surface area contributed by atoms with E-state index in [4.69, 9.17) is 17.0 Å². The van der Waals surface area contributed by atoms with Gasteiger partial charge >= 0.3 is 0 Å². The molecule has 1 saturated heterocycles. The molecule has 0 radical (unpaired) electrons. The number of ether oxygens (including phenoxy) is 1. The fourth-order valence-corrected chi connectivity index (χ4v) is 3.70. The van der Waals surface area contributed by atoms with Crippen LogP contribution in [0.2, 0.25) is 0 Å². The summed E-state index contributed by atoms with van der Waals surface area (Å²) in [6.45, 7) is 8.96. The summed E-state index contributed by atoms with van der Waals surface area (Å²) in [4.78, 5) is 14.5. The predicted octanol–water partition coefficient (Wildman–Crippen LogP) is 4.87. The quantitative estimate of drug-likeness (QED) is 0.379. The Morgan fingerprint density at radius 3 is 2.83 bits per heavy atom. The number of benzene rings is 1. The van der Waals surface area contributed by atoms with Crippen LogP contribution in [0.3, 0.4) is 0 Å². The minimum absolute atomic E-state index is 0.0730. The van der Waals surface area contributed by atoms with Gasteiger partial charge in [-0.05, 0) is 45.6 Å². The van der Waals surface area contributed by atoms with E-state index in [0.29, 0.717) is 28.3 Å². The molecular formula is C17H18BrNO2S2. The van der Waals surface area contributed by atoms with Gasteiger partial charge in [0, 0.05) is 6.54 Å². The number of hydrogen-bond acceptors (Lipinski definition) is 4. The number of thioether (sulfide) groups is 1. The second-order valence-corrected chi connectivity index (χ2v) is 8.01. The Balaban J connectivity index is 2.17. The fourth-order valence-electron chi connectivity index (χ4n) is 1.92. The van der Waals surface area contributed by atoms with Gasteiger partial charge in [-0.25, -0.2) is 0 Å². The lowest BCUT2D eigenvalue weighted by Crippen LogP contribution is -2.27. The molecule has 0 aliphatic carbocycles. The molecule has 0 saturated carbocycles. The minimum Gasteiger partial charge on any atom is -0.492 e. The number of carbonyl (C=O) groups excluding carboxylic acids is 1. The average Bonchev–Trinajstić information content (AvgIpc) is 2.74. The van der Waals surface area contributed by atoms with Crippen LogP contribution < -0.4 is 4.74 Å². The van der Waals surface area contributed by atoms with Crippen molar-refractivity contribution in [3.05, 3.63) is 45.8 Å². The molecule has 1 amide bonds. The zero-order valence-electron chi connectivity index (χ0n) is 13.0. The van der Waals surface area contributed by atoms with Gasteiger partial charge in [0.25, 0.3) is 5.91 Å². The van der Waals surface area contributed by atoms with E-state index in [2.05, 4.69) is 36.4 Å². The summed E-state index contributed by atoms with van der Waals surface area (Å²) in [7, 11) is 0. The topological polar surface area (TPSA) is 29.5 Å². The normalized spacial score (nSPS) is 16.5. The largest absolute Gasteiger partial charge is 0.492 e. The lowest BCUT2D eigenvalue weighted by Gasteiger charge is -2.11. The first-order chi connectivity index (χ1) is 10.9. The summed E-state index contributed by atoms with van der Waals surface area (Å²) >= 11 is 10.1. The highest BCUT2D eigenvalue weighted by molar-refractivity contribution is 9.10. The van der Waals surface area contributed by atoms with Gasteiger partial charge in [0.15, 0.2) is 0 Å². The van der Waals surface area contributed by atoms with Crippen LogP contribution in [-0.2, 0) is 4.79 Å². The second-order valence-electron chi connectivity index (χ2n) is 5.48. The van der Waals surface area contributed by atoms with Gasteiger partial charge in [-0.1, -0.05) is 50.0 Å². The molecule has 6 heteroatoms. The maximum Gasteiger partial charge on any atom is 0.266 e. The molecule has 1 fully saturated rings. The van der Waals surface area contributed by atoms with Crippen LogP contribution in [0.4, 0.5) is 0 Å². The van der Waals surface area contributed by atoms with Crippen LogP contribution in [0.25, 0.3) is 6.08 Å². The molecule has 0 bridgehead atoms. The maximum atomic E-state index is 12.3. The highest BCUT2D eigenvalue weighted by Gasteiger charge is 2.30. The van der Waals surface area contributed by atoms with E-state index < -0.39 is 0 Å². The minimum atomic E-state index is -0.0730. The van der Waals surface area contributed by atoms with Crippen molar-refractivity contribution >= 4 is 56.2 Å². The SMILES string of the molecule is C=CCN1C(=O)/C(=C/c2ccc(OCC(C)C)c(Br)c2)SC1=S. The zero-order chi connectivity index (χ0) is 17.0. The number of nitrogens with zero attached hydrogens (tertiary/aromatic N) is 1. The molecule has 1 aromatic carbocycles. The van der Waals surface area contributed by atoms with Crippen LogP contribution in [0.5, 0.6) is 5.75 Å². The third-order valence-electron chi connectivity index (χ3n) is 3.01. The molecule has 1 heterocycles. The molecule has 0 unspecified atom stereocenters. The number of hydrogen-bond donors (Lipinski definition) is 0. The van der Waals surface area contributed by atoms with Gasteiger partial charge in [0.05, 0.1) is 16.0 Å². The summed E-state index contributed by atoms with van der Waals surface area (Å²) in [6.07, 6.45) is 3.52. The predicted molar refractivity (Wildman–Crippen MR) is 105 cm³/mol. The Morgan fingerprint density at radius 1 is 1.48 bits per heavy atom. The molecule has 1 aliphatic rings. The molecule has 3 nitrogen and oxygen atoms in total. The van der Waals surface area contributed by atoms with Gasteiger partial charge in [0.1, 0.15) is 10.1 Å². The highest BCUT2D eigenvalue weighted by atomic mass is 79.9. The van der Waals surface area contributed by atoms with Crippen LogP contribution in [0, 0.1) is 5.92 Å². The van der Waals surface area contributed by atoms with Crippen molar-refractivity contribution in [1.82, 2.24) is 4.90 Å². The zero-order valence-corrected chi connectivity index (χ0v) is 16.3. The molecule has 23 heavy (non-hydrogen) atoms. The molecule has 122 valence electrons. The average molecular weight is 412 g/mol. The van der Waals surface area contributed by atoms with Crippen molar-refractivity contribution in [2.45, 2.75) is 13.8 Å². The third kappa shape index (κ3) is 4.68. The highest BCUT2D eigenvalue weighted by Crippen LogP contribution is 2.34. The molecular weight excluding hydrogens is 394 g/mol. The number of rotatable bonds is 6. The van der Waals surface area contributed by atoms with Crippen molar-refractivity contribution < 1.29 is 9.53 Å². The first kappa shape index (κ1) is 18.2. The van der Waals surface area contributed by atoms with Crippen molar-refractivity contribution in [3.63, 3.8) is 0 Å². The molecule has 0 aromatic heterocycles. The van der Waals surface area contributed by atoms with Gasteiger partial charge in [-0.15, -0.1) is 6.58 Å². The Morgan fingerprint density at radius 2 is 2.22 bits per heavy atom. The molecule has 0 N–H and O–H groups in total. The van der Waals surface area contributed by atoms with Gasteiger partial charge in [-0.2, -0.15) is 0 Å². The molecule has 1 aromatic rings. The molecule has 1 aliphatic heterocycles. The lowest BCUT2D eigenvalue weighted by atomic mass is 10.2. The molecule has 2 rings (SSSR count). The number of halogens is 1. The Bertz CT molecular complexity index is 671. The number of thiocarbonyl (C=S) groups is 1. The van der Waals surface area contributed by atoms with Gasteiger partial charge in [0.2, 0.25) is 0 Å². The third-order valence-corrected chi connectivity index (χ3v) is 5.01. The smallest absolute Gasteiger partial charge is 0.266 e. The van der Waals surface area contributed by atoms with E-state index in [0.717, 1.165) is 15.8 Å². The summed E-state index contributed by atoms with van der Waals surface area (Å²) in [6, 6.07) is 5.78. The van der Waals surface area contributed by atoms with Crippen molar-refractivity contribution in [3.8, 4) is 5.75 Å².